The average molecular weight is 690 g/mol. The van der Waals surface area contributed by atoms with E-state index in [1.165, 1.54) is 24.3 Å². The first-order chi connectivity index (χ1) is 24.4. The van der Waals surface area contributed by atoms with Crippen molar-refractivity contribution in [3.05, 3.63) is 106 Å². The van der Waals surface area contributed by atoms with Crippen LogP contribution in [0.2, 0.25) is 0 Å². The van der Waals surface area contributed by atoms with Crippen LogP contribution in [0.1, 0.15) is 114 Å². The highest BCUT2D eigenvalue weighted by molar-refractivity contribution is 6.00. The number of carbonyl (C=O) groups is 2. The summed E-state index contributed by atoms with van der Waals surface area (Å²) < 4.78 is 18.9. The Balaban J connectivity index is 1.10. The topological polar surface area (TPSA) is 135 Å². The molecule has 1 aliphatic carbocycles. The number of aryl methyl sites for hydroxylation is 1. The van der Waals surface area contributed by atoms with Gasteiger partial charge in [0.1, 0.15) is 40.1 Å². The van der Waals surface area contributed by atoms with Crippen molar-refractivity contribution in [2.75, 3.05) is 0 Å². The quantitative estimate of drug-likeness (QED) is 0.118. The second-order valence-corrected chi connectivity index (χ2v) is 15.2. The summed E-state index contributed by atoms with van der Waals surface area (Å²) in [4.78, 5) is 27.5. The summed E-state index contributed by atoms with van der Waals surface area (Å²) in [6.45, 7) is 8.53. The molecule has 1 amide bonds. The fourth-order valence-electron chi connectivity index (χ4n) is 8.99. The first-order valence-corrected chi connectivity index (χ1v) is 18.0. The molecule has 3 aliphatic heterocycles. The zero-order valence-corrected chi connectivity index (χ0v) is 29.3. The summed E-state index contributed by atoms with van der Waals surface area (Å²) in [6.07, 6.45) is 5.70. The van der Waals surface area contributed by atoms with Crippen LogP contribution >= 0.6 is 0 Å². The van der Waals surface area contributed by atoms with E-state index in [9.17, 15) is 24.9 Å². The molecule has 4 unspecified atom stereocenters. The van der Waals surface area contributed by atoms with Gasteiger partial charge in [0, 0.05) is 51.9 Å². The Bertz CT molecular complexity index is 2030. The monoisotopic (exact) mass is 689 g/mol. The van der Waals surface area contributed by atoms with Gasteiger partial charge in [-0.1, -0.05) is 26.7 Å². The molecule has 264 valence electrons. The third kappa shape index (κ3) is 5.27. The predicted molar refractivity (Wildman–Crippen MR) is 190 cm³/mol. The number of amides is 1. The standard InChI is InChI=1S/C42H43NO8/c1-5-6-7-8-23-16-34(46)38-28-15-22(2)33(21-31(28)41(3,4)50-37(38)17-23)43-39(47)24-9-12-27-32(18-24)42(51-40(27)48)29-13-10-25(44)19-35(29)49-36-20-26(45)11-14-30(36)42/h9-14,16-20,22,28,31,33,44-46H,5-8,15,21H2,1-4H3,(H,43,47). The lowest BCUT2D eigenvalue weighted by Crippen LogP contribution is -2.53. The molecule has 4 N–H and O–H groups in total. The minimum Gasteiger partial charge on any atom is -0.508 e. The van der Waals surface area contributed by atoms with Crippen LogP contribution in [0.5, 0.6) is 34.5 Å². The Morgan fingerprint density at radius 2 is 1.55 bits per heavy atom. The number of hydrogen-bond donors (Lipinski definition) is 4. The Kier molecular flexibility index (Phi) is 7.74. The maximum absolute atomic E-state index is 14.1. The van der Waals surface area contributed by atoms with Crippen LogP contribution in [-0.2, 0) is 16.8 Å². The van der Waals surface area contributed by atoms with E-state index in [4.69, 9.17) is 14.2 Å². The minimum absolute atomic E-state index is 0.0357. The second kappa shape index (κ2) is 12.0. The molecule has 1 spiro atoms. The molecule has 4 aromatic carbocycles. The van der Waals surface area contributed by atoms with E-state index in [1.807, 2.05) is 6.07 Å². The summed E-state index contributed by atoms with van der Waals surface area (Å²) in [5.74, 6) is 0.962. The van der Waals surface area contributed by atoms with E-state index in [1.54, 1.807) is 30.3 Å². The lowest BCUT2D eigenvalue weighted by atomic mass is 9.62. The highest BCUT2D eigenvalue weighted by atomic mass is 16.6. The van der Waals surface area contributed by atoms with Gasteiger partial charge in [-0.05, 0) is 112 Å². The highest BCUT2D eigenvalue weighted by Crippen LogP contribution is 2.58. The van der Waals surface area contributed by atoms with Gasteiger partial charge in [-0.2, -0.15) is 0 Å². The van der Waals surface area contributed by atoms with Crippen molar-refractivity contribution in [1.29, 1.82) is 0 Å². The zero-order chi connectivity index (χ0) is 35.8. The maximum atomic E-state index is 14.1. The van der Waals surface area contributed by atoms with Crippen molar-refractivity contribution < 1.29 is 39.1 Å². The number of ether oxygens (including phenoxy) is 3. The van der Waals surface area contributed by atoms with Crippen LogP contribution < -0.4 is 14.8 Å². The molecule has 9 nitrogen and oxygen atoms in total. The molecule has 0 radical (unpaired) electrons. The molecule has 0 aromatic heterocycles. The Morgan fingerprint density at radius 1 is 0.843 bits per heavy atom. The number of nitrogens with one attached hydrogen (secondary N) is 1. The van der Waals surface area contributed by atoms with Crippen LogP contribution in [0.3, 0.4) is 0 Å². The normalized spacial score (nSPS) is 23.0. The van der Waals surface area contributed by atoms with E-state index < -0.39 is 17.2 Å². The van der Waals surface area contributed by atoms with Crippen molar-refractivity contribution in [2.24, 2.45) is 11.8 Å². The molecule has 4 atom stereocenters. The Morgan fingerprint density at radius 3 is 2.24 bits per heavy atom. The fourth-order valence-corrected chi connectivity index (χ4v) is 8.99. The Hall–Kier alpha value is -5.18. The number of hydrogen-bond acceptors (Lipinski definition) is 8. The maximum Gasteiger partial charge on any atom is 0.340 e. The molecule has 51 heavy (non-hydrogen) atoms. The molecular formula is C42H43NO8. The van der Waals surface area contributed by atoms with Gasteiger partial charge in [0.2, 0.25) is 0 Å². The number of rotatable bonds is 6. The highest BCUT2D eigenvalue weighted by Gasteiger charge is 2.54. The molecule has 1 saturated carbocycles. The lowest BCUT2D eigenvalue weighted by molar-refractivity contribution is -0.0229. The van der Waals surface area contributed by atoms with Gasteiger partial charge < -0.3 is 34.8 Å². The largest absolute Gasteiger partial charge is 0.508 e. The van der Waals surface area contributed by atoms with Crippen LogP contribution in [-0.4, -0.2) is 38.8 Å². The smallest absolute Gasteiger partial charge is 0.340 e. The summed E-state index contributed by atoms with van der Waals surface area (Å²) in [5.41, 5.74) is 2.13. The van der Waals surface area contributed by atoms with Crippen LogP contribution in [0.15, 0.2) is 66.7 Å². The van der Waals surface area contributed by atoms with Gasteiger partial charge in [-0.15, -0.1) is 0 Å². The zero-order valence-electron chi connectivity index (χ0n) is 29.3. The molecule has 3 heterocycles. The fraction of sp³-hybridized carbons (Fsp3) is 0.381. The number of unbranched alkanes of at least 4 members (excludes halogenated alkanes) is 2. The van der Waals surface area contributed by atoms with Gasteiger partial charge >= 0.3 is 5.97 Å². The van der Waals surface area contributed by atoms with Gasteiger partial charge in [0.05, 0.1) is 5.56 Å². The third-order valence-corrected chi connectivity index (χ3v) is 11.5. The summed E-state index contributed by atoms with van der Waals surface area (Å²) in [6, 6.07) is 18.0. The minimum atomic E-state index is -1.47. The summed E-state index contributed by atoms with van der Waals surface area (Å²) >= 11 is 0. The number of benzene rings is 4. The molecule has 4 aliphatic rings. The van der Waals surface area contributed by atoms with Gasteiger partial charge in [0.15, 0.2) is 5.60 Å². The summed E-state index contributed by atoms with van der Waals surface area (Å²) in [7, 11) is 0. The Labute approximate surface area is 297 Å². The number of carbonyl (C=O) groups excluding carboxylic acids is 2. The van der Waals surface area contributed by atoms with Crippen molar-refractivity contribution in [3.8, 4) is 34.5 Å². The summed E-state index contributed by atoms with van der Waals surface area (Å²) in [5, 5.41) is 35.1. The first kappa shape index (κ1) is 33.0. The third-order valence-electron chi connectivity index (χ3n) is 11.5. The van der Waals surface area contributed by atoms with Crippen LogP contribution in [0.25, 0.3) is 0 Å². The van der Waals surface area contributed by atoms with E-state index in [-0.39, 0.29) is 52.7 Å². The molecular weight excluding hydrogens is 646 g/mol. The molecule has 8 rings (SSSR count). The molecule has 4 aromatic rings. The molecule has 9 heteroatoms. The van der Waals surface area contributed by atoms with Crippen molar-refractivity contribution in [1.82, 2.24) is 5.32 Å². The van der Waals surface area contributed by atoms with Crippen molar-refractivity contribution in [3.63, 3.8) is 0 Å². The molecule has 0 bridgehead atoms. The van der Waals surface area contributed by atoms with E-state index in [2.05, 4.69) is 39.1 Å². The number of aromatic hydroxyl groups is 3. The number of fused-ring (bicyclic) bond motifs is 9. The van der Waals surface area contributed by atoms with Gasteiger partial charge in [-0.25, -0.2) is 4.79 Å². The van der Waals surface area contributed by atoms with Gasteiger partial charge in [-0.3, -0.25) is 4.79 Å². The SMILES string of the molecule is CCCCCc1cc(O)c2c(c1)OC(C)(C)C1CC(NC(=O)c3ccc4c(c3)C3(OC4=O)c4ccc(O)cc4Oc4cc(O)ccc43)C(C)CC21. The van der Waals surface area contributed by atoms with E-state index in [0.717, 1.165) is 49.0 Å². The number of phenolic OH excluding ortho intramolecular Hbond substituents is 3. The lowest BCUT2D eigenvalue weighted by Gasteiger charge is -2.51. The van der Waals surface area contributed by atoms with E-state index >= 15 is 0 Å². The van der Waals surface area contributed by atoms with Crippen molar-refractivity contribution >= 4 is 11.9 Å². The van der Waals surface area contributed by atoms with Gasteiger partial charge in [0.25, 0.3) is 5.91 Å². The molecule has 0 saturated heterocycles. The second-order valence-electron chi connectivity index (χ2n) is 15.2. The number of phenols is 3. The van der Waals surface area contributed by atoms with Crippen molar-refractivity contribution in [2.45, 2.75) is 89.4 Å². The van der Waals surface area contributed by atoms with E-state index in [0.29, 0.717) is 40.0 Å². The predicted octanol–water partition coefficient (Wildman–Crippen LogP) is 8.20. The number of esters is 1. The average Bonchev–Trinajstić information content (AvgIpc) is 3.36. The van der Waals surface area contributed by atoms with Crippen LogP contribution in [0, 0.1) is 11.8 Å². The molecule has 1 fully saturated rings. The first-order valence-electron chi connectivity index (χ1n) is 18.0. The van der Waals surface area contributed by atoms with Crippen LogP contribution in [0.4, 0.5) is 0 Å².